The molecule has 0 aliphatic heterocycles. The Kier molecular flexibility index (Phi) is 4.52. The number of hydrogen-bond donors (Lipinski definition) is 1. The fourth-order valence-corrected chi connectivity index (χ4v) is 1.84. The number of benzene rings is 1. The molecule has 0 saturated carbocycles. The first-order valence-corrected chi connectivity index (χ1v) is 6.60. The number of nitrogens with two attached hydrogens (primary N) is 1. The number of thiocarbonyl (C=S) groups is 1. The lowest BCUT2D eigenvalue weighted by molar-refractivity contribution is 0.297. The molecule has 0 saturated heterocycles. The van der Waals surface area contributed by atoms with Crippen LogP contribution in [-0.2, 0) is 13.6 Å². The van der Waals surface area contributed by atoms with Crippen molar-refractivity contribution < 1.29 is 4.74 Å². The number of hydrogen-bond acceptors (Lipinski definition) is 4. The van der Waals surface area contributed by atoms with Gasteiger partial charge >= 0.3 is 5.69 Å². The predicted octanol–water partition coefficient (Wildman–Crippen LogP) is 0.685. The van der Waals surface area contributed by atoms with E-state index in [4.69, 9.17) is 22.7 Å². The smallest absolute Gasteiger partial charge is 0.345 e. The second-order valence-electron chi connectivity index (χ2n) is 4.34. The molecule has 0 atom stereocenters. The number of ether oxygens (including phenoxy) is 1. The Balaban J connectivity index is 1.84. The van der Waals surface area contributed by atoms with E-state index in [1.165, 1.54) is 15.6 Å². The third-order valence-corrected chi connectivity index (χ3v) is 3.02. The summed E-state index contributed by atoms with van der Waals surface area (Å²) in [6.45, 7) is 1.01. The van der Waals surface area contributed by atoms with E-state index in [1.54, 1.807) is 13.1 Å². The number of aryl methyl sites for hydroxylation is 2. The van der Waals surface area contributed by atoms with E-state index in [0.717, 1.165) is 5.56 Å². The summed E-state index contributed by atoms with van der Waals surface area (Å²) < 4.78 is 8.45. The molecule has 0 fully saturated rings. The lowest BCUT2D eigenvalue weighted by Gasteiger charge is -2.07. The molecule has 0 unspecified atom stereocenters. The van der Waals surface area contributed by atoms with Crippen LogP contribution in [0.5, 0.6) is 5.75 Å². The van der Waals surface area contributed by atoms with Gasteiger partial charge in [-0.25, -0.2) is 9.48 Å². The fourth-order valence-electron chi connectivity index (χ4n) is 1.72. The molecule has 0 spiro atoms. The zero-order valence-corrected chi connectivity index (χ0v) is 12.0. The van der Waals surface area contributed by atoms with Crippen molar-refractivity contribution in [3.05, 3.63) is 46.6 Å². The summed E-state index contributed by atoms with van der Waals surface area (Å²) in [7, 11) is 1.67. The predicted molar refractivity (Wildman–Crippen MR) is 79.9 cm³/mol. The van der Waals surface area contributed by atoms with Crippen LogP contribution in [0.3, 0.4) is 0 Å². The molecule has 0 amide bonds. The molecule has 7 heteroatoms. The van der Waals surface area contributed by atoms with Crippen molar-refractivity contribution in [3.8, 4) is 5.75 Å². The first-order chi connectivity index (χ1) is 9.58. The summed E-state index contributed by atoms with van der Waals surface area (Å²) in [4.78, 5) is 11.9. The van der Waals surface area contributed by atoms with Gasteiger partial charge in [-0.1, -0.05) is 24.4 Å². The van der Waals surface area contributed by atoms with Crippen molar-refractivity contribution in [2.45, 2.75) is 13.0 Å². The molecule has 0 aliphatic rings. The fraction of sp³-hybridized carbons (Fsp3) is 0.308. The summed E-state index contributed by atoms with van der Waals surface area (Å²) >= 11 is 4.91. The van der Waals surface area contributed by atoms with E-state index >= 15 is 0 Å². The molecule has 0 bridgehead atoms. The lowest BCUT2D eigenvalue weighted by atomic mass is 10.2. The molecule has 6 nitrogen and oxygen atoms in total. The van der Waals surface area contributed by atoms with Crippen LogP contribution < -0.4 is 16.2 Å². The van der Waals surface area contributed by atoms with Crippen LogP contribution in [0.2, 0.25) is 0 Å². The van der Waals surface area contributed by atoms with E-state index in [1.807, 2.05) is 18.2 Å². The van der Waals surface area contributed by atoms with E-state index in [9.17, 15) is 4.79 Å². The van der Waals surface area contributed by atoms with E-state index in [0.29, 0.717) is 30.3 Å². The van der Waals surface area contributed by atoms with Gasteiger partial charge in [0.2, 0.25) is 0 Å². The van der Waals surface area contributed by atoms with Gasteiger partial charge in [-0.05, 0) is 12.1 Å². The van der Waals surface area contributed by atoms with Gasteiger partial charge in [0, 0.05) is 25.6 Å². The number of rotatable bonds is 6. The average molecular weight is 292 g/mol. The molecule has 2 N–H and O–H groups in total. The van der Waals surface area contributed by atoms with Crippen molar-refractivity contribution in [2.75, 3.05) is 6.61 Å². The molecule has 1 aromatic carbocycles. The maximum Gasteiger partial charge on any atom is 0.345 e. The van der Waals surface area contributed by atoms with Gasteiger partial charge < -0.3 is 10.5 Å². The van der Waals surface area contributed by atoms with Crippen molar-refractivity contribution in [1.82, 2.24) is 14.3 Å². The zero-order valence-electron chi connectivity index (χ0n) is 11.2. The largest absolute Gasteiger partial charge is 0.494 e. The first kappa shape index (κ1) is 14.3. The number of aromatic nitrogens is 3. The Morgan fingerprint density at radius 2 is 2.30 bits per heavy atom. The minimum atomic E-state index is -0.125. The van der Waals surface area contributed by atoms with Crippen LogP contribution in [0.4, 0.5) is 0 Å². The van der Waals surface area contributed by atoms with Gasteiger partial charge in [-0.3, -0.25) is 4.57 Å². The minimum Gasteiger partial charge on any atom is -0.494 e. The van der Waals surface area contributed by atoms with E-state index in [2.05, 4.69) is 5.10 Å². The maximum atomic E-state index is 11.5. The van der Waals surface area contributed by atoms with Gasteiger partial charge in [0.05, 0.1) is 6.61 Å². The van der Waals surface area contributed by atoms with Crippen LogP contribution in [0, 0.1) is 0 Å². The molecule has 106 valence electrons. The monoisotopic (exact) mass is 292 g/mol. The van der Waals surface area contributed by atoms with E-state index in [-0.39, 0.29) is 5.69 Å². The highest BCUT2D eigenvalue weighted by Crippen LogP contribution is 2.13. The summed E-state index contributed by atoms with van der Waals surface area (Å²) in [6, 6.07) is 7.32. The van der Waals surface area contributed by atoms with Gasteiger partial charge in [0.1, 0.15) is 17.1 Å². The van der Waals surface area contributed by atoms with Crippen LogP contribution in [-0.4, -0.2) is 25.9 Å². The Morgan fingerprint density at radius 3 is 2.95 bits per heavy atom. The quantitative estimate of drug-likeness (QED) is 0.626. The van der Waals surface area contributed by atoms with Crippen LogP contribution in [0.15, 0.2) is 35.4 Å². The second-order valence-corrected chi connectivity index (χ2v) is 4.78. The summed E-state index contributed by atoms with van der Waals surface area (Å²) in [5.74, 6) is 0.712. The van der Waals surface area contributed by atoms with Crippen molar-refractivity contribution in [2.24, 2.45) is 12.8 Å². The first-order valence-electron chi connectivity index (χ1n) is 6.19. The van der Waals surface area contributed by atoms with Crippen LogP contribution in [0.25, 0.3) is 0 Å². The molecule has 20 heavy (non-hydrogen) atoms. The molecule has 1 aromatic heterocycles. The summed E-state index contributed by atoms with van der Waals surface area (Å²) in [5.41, 5.74) is 6.21. The Morgan fingerprint density at radius 1 is 1.50 bits per heavy atom. The standard InChI is InChI=1S/C13H16N4O2S/c1-16-9-15-17(13(16)18)6-3-7-19-11-5-2-4-10(8-11)12(14)20/h2,4-5,8-9H,3,6-7H2,1H3,(H2,14,20). The molecule has 2 aromatic rings. The zero-order chi connectivity index (χ0) is 14.5. The highest BCUT2D eigenvalue weighted by Gasteiger charge is 2.02. The normalized spacial score (nSPS) is 10.4. The van der Waals surface area contributed by atoms with Crippen molar-refractivity contribution in [1.29, 1.82) is 0 Å². The lowest BCUT2D eigenvalue weighted by Crippen LogP contribution is -2.23. The third kappa shape index (κ3) is 3.45. The highest BCUT2D eigenvalue weighted by molar-refractivity contribution is 7.80. The van der Waals surface area contributed by atoms with Crippen LogP contribution >= 0.6 is 12.2 Å². The van der Waals surface area contributed by atoms with Crippen LogP contribution in [0.1, 0.15) is 12.0 Å². The molecule has 2 rings (SSSR count). The molecule has 0 aliphatic carbocycles. The average Bonchev–Trinajstić information content (AvgIpc) is 2.75. The third-order valence-electron chi connectivity index (χ3n) is 2.79. The van der Waals surface area contributed by atoms with Crippen molar-refractivity contribution >= 4 is 17.2 Å². The van der Waals surface area contributed by atoms with E-state index < -0.39 is 0 Å². The van der Waals surface area contributed by atoms with Gasteiger partial charge in [0.25, 0.3) is 0 Å². The molecular weight excluding hydrogens is 276 g/mol. The molecule has 0 radical (unpaired) electrons. The maximum absolute atomic E-state index is 11.5. The molecule has 1 heterocycles. The number of nitrogens with zero attached hydrogens (tertiary/aromatic N) is 3. The second kappa shape index (κ2) is 6.33. The summed E-state index contributed by atoms with van der Waals surface area (Å²) in [5, 5.41) is 3.98. The minimum absolute atomic E-state index is 0.125. The Hall–Kier alpha value is -2.15. The van der Waals surface area contributed by atoms with Gasteiger partial charge in [-0.2, -0.15) is 5.10 Å². The van der Waals surface area contributed by atoms with Gasteiger partial charge in [-0.15, -0.1) is 0 Å². The topological polar surface area (TPSA) is 75.1 Å². The molecular formula is C13H16N4O2S. The van der Waals surface area contributed by atoms with Gasteiger partial charge in [0.15, 0.2) is 0 Å². The van der Waals surface area contributed by atoms with Crippen molar-refractivity contribution in [3.63, 3.8) is 0 Å². The Labute approximate surface area is 121 Å². The summed E-state index contributed by atoms with van der Waals surface area (Å²) in [6.07, 6.45) is 2.18. The Bertz CT molecular complexity index is 662. The highest BCUT2D eigenvalue weighted by atomic mass is 32.1. The SMILES string of the molecule is Cn1cnn(CCCOc2cccc(C(N)=S)c2)c1=O.